The summed E-state index contributed by atoms with van der Waals surface area (Å²) in [5.41, 5.74) is 27.7. The third-order valence-corrected chi connectivity index (χ3v) is 18.1. The molecule has 0 saturated carbocycles. The number of rotatable bonds is 10. The van der Waals surface area contributed by atoms with Gasteiger partial charge in [-0.1, -0.05) is 234 Å². The summed E-state index contributed by atoms with van der Waals surface area (Å²) in [6, 6.07) is 99.8. The fourth-order valence-corrected chi connectivity index (χ4v) is 14.1. The summed E-state index contributed by atoms with van der Waals surface area (Å²) in [5, 5.41) is 4.74. The van der Waals surface area contributed by atoms with Crippen molar-refractivity contribution in [1.82, 2.24) is 4.57 Å². The van der Waals surface area contributed by atoms with Crippen LogP contribution in [0.2, 0.25) is 0 Å². The molecule has 0 fully saturated rings. The van der Waals surface area contributed by atoms with Crippen LogP contribution in [0.3, 0.4) is 0 Å². The molecule has 5 heteroatoms. The molecule has 16 rings (SSSR count). The molecule has 0 saturated heterocycles. The number of unbranched alkanes of at least 4 members (excludes halogenated alkanes) is 1. The van der Waals surface area contributed by atoms with E-state index < -0.39 is 0 Å². The van der Waals surface area contributed by atoms with Gasteiger partial charge in [-0.15, -0.1) is 0 Å². The topological polar surface area (TPSA) is 24.6 Å². The first kappa shape index (κ1) is 50.6. The van der Waals surface area contributed by atoms with Crippen molar-refractivity contribution in [3.63, 3.8) is 0 Å². The van der Waals surface area contributed by atoms with Gasteiger partial charge in [0.05, 0.1) is 27.8 Å². The first-order chi connectivity index (χ1) is 41.8. The second-order valence-electron chi connectivity index (χ2n) is 24.2. The second-order valence-corrected chi connectivity index (χ2v) is 24.2. The Labute approximate surface area is 497 Å². The lowest BCUT2D eigenvalue weighted by Crippen LogP contribution is -2.61. The minimum absolute atomic E-state index is 0.171. The Morgan fingerprint density at radius 3 is 1.54 bits per heavy atom. The molecule has 0 N–H and O–H groups in total. The SMILES string of the molecule is CCCCc1ccc2oc3ccccc3c2c1N1c2ccc(-c3ccccc3)cc2B2c3ccc(-n4c5ccccc5c5ccccc54)cc3N(c3c(-c4ccccc4)cc(-c4ccccc4)cc3-c3ccccc3)c3cc(C(C)(C)C)cc1c32. The molecule has 0 aliphatic carbocycles. The summed E-state index contributed by atoms with van der Waals surface area (Å²) in [5.74, 6) is 0. The van der Waals surface area contributed by atoms with Gasteiger partial charge in [-0.2, -0.15) is 0 Å². The second kappa shape index (κ2) is 20.1. The maximum atomic E-state index is 6.88. The molecule has 14 aromatic rings. The fourth-order valence-electron chi connectivity index (χ4n) is 14.1. The number of fused-ring (bicyclic) bond motifs is 10. The number of para-hydroxylation sites is 3. The van der Waals surface area contributed by atoms with Crippen LogP contribution in [0.15, 0.2) is 271 Å². The first-order valence-corrected chi connectivity index (χ1v) is 30.2. The summed E-state index contributed by atoms with van der Waals surface area (Å²) in [7, 11) is 0. The van der Waals surface area contributed by atoms with Gasteiger partial charge >= 0.3 is 0 Å². The Hall–Kier alpha value is -10.1. The highest BCUT2D eigenvalue weighted by molar-refractivity contribution is 7.00. The van der Waals surface area contributed by atoms with Gasteiger partial charge < -0.3 is 18.8 Å². The van der Waals surface area contributed by atoms with Crippen molar-refractivity contribution in [1.29, 1.82) is 0 Å². The van der Waals surface area contributed by atoms with Gasteiger partial charge in [-0.25, -0.2) is 0 Å². The summed E-state index contributed by atoms with van der Waals surface area (Å²) in [4.78, 5) is 5.38. The van der Waals surface area contributed by atoms with E-state index in [0.29, 0.717) is 0 Å². The minimum Gasteiger partial charge on any atom is -0.456 e. The van der Waals surface area contributed by atoms with Gasteiger partial charge in [0.2, 0.25) is 0 Å². The van der Waals surface area contributed by atoms with Crippen LogP contribution in [-0.2, 0) is 11.8 Å². The van der Waals surface area contributed by atoms with E-state index in [0.717, 1.165) is 86.1 Å². The molecule has 0 bridgehead atoms. The van der Waals surface area contributed by atoms with Crippen LogP contribution >= 0.6 is 0 Å². The molecule has 0 radical (unpaired) electrons. The van der Waals surface area contributed by atoms with Crippen LogP contribution in [0.4, 0.5) is 34.1 Å². The van der Waals surface area contributed by atoms with Crippen molar-refractivity contribution >= 4 is 101 Å². The van der Waals surface area contributed by atoms with Crippen LogP contribution in [0.5, 0.6) is 0 Å². The maximum Gasteiger partial charge on any atom is 0.252 e. The highest BCUT2D eigenvalue weighted by Gasteiger charge is 2.46. The average molecular weight is 1090 g/mol. The molecule has 4 heterocycles. The van der Waals surface area contributed by atoms with E-state index in [-0.39, 0.29) is 12.1 Å². The molecule has 4 nitrogen and oxygen atoms in total. The smallest absolute Gasteiger partial charge is 0.252 e. The van der Waals surface area contributed by atoms with E-state index in [9.17, 15) is 0 Å². The van der Waals surface area contributed by atoms with Crippen molar-refractivity contribution in [2.45, 2.75) is 52.4 Å². The molecule has 85 heavy (non-hydrogen) atoms. The normalized spacial score (nSPS) is 12.8. The molecule has 0 amide bonds. The molecule has 406 valence electrons. The average Bonchev–Trinajstić information content (AvgIpc) is 1.68. The predicted molar refractivity (Wildman–Crippen MR) is 361 cm³/mol. The monoisotopic (exact) mass is 1090 g/mol. The molecular formula is C80H62BN3O. The molecule has 0 spiro atoms. The summed E-state index contributed by atoms with van der Waals surface area (Å²) in [6.07, 6.45) is 3.06. The first-order valence-electron chi connectivity index (χ1n) is 30.2. The number of nitrogens with zero attached hydrogens (tertiary/aromatic N) is 3. The number of hydrogen-bond donors (Lipinski definition) is 0. The lowest BCUT2D eigenvalue weighted by Gasteiger charge is -2.46. The largest absolute Gasteiger partial charge is 0.456 e. The van der Waals surface area contributed by atoms with Crippen LogP contribution in [-0.4, -0.2) is 11.3 Å². The Balaban J connectivity index is 1.10. The number of hydrogen-bond acceptors (Lipinski definition) is 3. The van der Waals surface area contributed by atoms with E-state index in [1.165, 1.54) is 88.8 Å². The Bertz CT molecular complexity index is 4810. The van der Waals surface area contributed by atoms with E-state index in [2.05, 4.69) is 309 Å². The third kappa shape index (κ3) is 8.20. The van der Waals surface area contributed by atoms with Crippen molar-refractivity contribution in [3.8, 4) is 50.2 Å². The van der Waals surface area contributed by atoms with E-state index >= 15 is 0 Å². The fraction of sp³-hybridized carbons (Fsp3) is 0.100. The molecular weight excluding hydrogens is 1030 g/mol. The van der Waals surface area contributed by atoms with Crippen molar-refractivity contribution < 1.29 is 4.42 Å². The minimum atomic E-state index is -0.262. The Morgan fingerprint density at radius 1 is 0.400 bits per heavy atom. The van der Waals surface area contributed by atoms with Crippen LogP contribution in [0.25, 0.3) is 93.9 Å². The molecule has 0 atom stereocenters. The molecule has 12 aromatic carbocycles. The predicted octanol–water partition coefficient (Wildman–Crippen LogP) is 20.1. The van der Waals surface area contributed by atoms with Crippen LogP contribution < -0.4 is 26.2 Å². The molecule has 2 aliphatic rings. The third-order valence-electron chi connectivity index (χ3n) is 18.1. The van der Waals surface area contributed by atoms with Crippen molar-refractivity contribution in [2.24, 2.45) is 0 Å². The molecule has 2 aliphatic heterocycles. The van der Waals surface area contributed by atoms with Gasteiger partial charge in [-0.05, 0) is 146 Å². The van der Waals surface area contributed by atoms with Gasteiger partial charge in [0.25, 0.3) is 6.71 Å². The maximum absolute atomic E-state index is 6.88. The summed E-state index contributed by atoms with van der Waals surface area (Å²) < 4.78 is 9.37. The van der Waals surface area contributed by atoms with Gasteiger partial charge in [-0.3, -0.25) is 0 Å². The van der Waals surface area contributed by atoms with Crippen LogP contribution in [0, 0.1) is 0 Å². The number of anilines is 6. The zero-order valence-electron chi connectivity index (χ0n) is 48.4. The number of benzene rings is 12. The molecule has 2 aromatic heterocycles. The van der Waals surface area contributed by atoms with Crippen molar-refractivity contribution in [2.75, 3.05) is 9.80 Å². The van der Waals surface area contributed by atoms with Gasteiger partial charge in [0.1, 0.15) is 11.2 Å². The Morgan fingerprint density at radius 2 is 0.941 bits per heavy atom. The van der Waals surface area contributed by atoms with E-state index in [1.54, 1.807) is 0 Å². The lowest BCUT2D eigenvalue weighted by atomic mass is 9.33. The summed E-state index contributed by atoms with van der Waals surface area (Å²) >= 11 is 0. The van der Waals surface area contributed by atoms with Gasteiger partial charge in [0.15, 0.2) is 0 Å². The lowest BCUT2D eigenvalue weighted by molar-refractivity contribution is 0.590. The van der Waals surface area contributed by atoms with E-state index in [4.69, 9.17) is 4.42 Å². The zero-order valence-corrected chi connectivity index (χ0v) is 48.4. The number of aryl methyl sites for hydroxylation is 1. The number of furan rings is 1. The highest BCUT2D eigenvalue weighted by Crippen LogP contribution is 2.54. The van der Waals surface area contributed by atoms with Crippen LogP contribution in [0.1, 0.15) is 51.7 Å². The van der Waals surface area contributed by atoms with E-state index in [1.807, 2.05) is 0 Å². The standard InChI is InChI=1S/C80H62BN3O/c1-5-6-25-56-41-45-75-76(63-36-21-24-39-74(63)85-75)78(56)83-70-44-40-57(52-26-11-7-12-27-52)48-67(70)81-66-43-42-60(82-68-37-22-19-34-61(68)62-35-20-23-38-69(62)82)51-71(66)84(73-50-59(80(2,3)4)49-72(83)77(73)81)79-64(54-30-15-9-16-31-54)46-58(53-28-13-8-14-29-53)47-65(79)55-32-17-10-18-33-55/h7-24,26-51H,5-6,25H2,1-4H3. The quantitative estimate of drug-likeness (QED) is 0.128. The van der Waals surface area contributed by atoms with Gasteiger partial charge in [0, 0.05) is 55.7 Å². The zero-order chi connectivity index (χ0) is 56.9. The van der Waals surface area contributed by atoms with Crippen molar-refractivity contribution in [3.05, 3.63) is 278 Å². The number of aromatic nitrogens is 1. The Kier molecular flexibility index (Phi) is 12.0. The summed E-state index contributed by atoms with van der Waals surface area (Å²) in [6.45, 7) is 9.27. The highest BCUT2D eigenvalue weighted by atomic mass is 16.3. The molecule has 0 unspecified atom stereocenters.